The summed E-state index contributed by atoms with van der Waals surface area (Å²) in [4.78, 5) is 18.8. The van der Waals surface area contributed by atoms with Crippen molar-refractivity contribution in [1.29, 1.82) is 5.26 Å². The molecule has 0 bridgehead atoms. The molecule has 1 heterocycles. The lowest BCUT2D eigenvalue weighted by molar-refractivity contribution is 0.0755. The summed E-state index contributed by atoms with van der Waals surface area (Å²) >= 11 is 0. The van der Waals surface area contributed by atoms with Crippen LogP contribution in [-0.2, 0) is 0 Å². The molecule has 0 saturated carbocycles. The summed E-state index contributed by atoms with van der Waals surface area (Å²) < 4.78 is 0. The molecule has 5 nitrogen and oxygen atoms in total. The molecule has 5 heteroatoms. The van der Waals surface area contributed by atoms with Gasteiger partial charge in [0.05, 0.1) is 11.6 Å². The van der Waals surface area contributed by atoms with Crippen LogP contribution in [0.15, 0.2) is 42.6 Å². The molecule has 0 aliphatic carbocycles. The zero-order valence-corrected chi connectivity index (χ0v) is 14.1. The molecule has 2 aromatic rings. The Bertz CT molecular complexity index is 730. The second kappa shape index (κ2) is 8.68. The van der Waals surface area contributed by atoms with Gasteiger partial charge in [-0.15, -0.1) is 0 Å². The number of carbonyl (C=O) groups is 1. The second-order valence-electron chi connectivity index (χ2n) is 5.54. The fourth-order valence-electron chi connectivity index (χ4n) is 2.48. The van der Waals surface area contributed by atoms with Gasteiger partial charge in [0.25, 0.3) is 5.91 Å². The molecule has 0 aliphatic rings. The minimum absolute atomic E-state index is 0.0231. The molecular weight excluding hydrogens is 300 g/mol. The normalized spacial score (nSPS) is 10.0. The highest BCUT2D eigenvalue weighted by atomic mass is 16.2. The Morgan fingerprint density at radius 2 is 1.96 bits per heavy atom. The molecule has 1 aromatic carbocycles. The Morgan fingerprint density at radius 1 is 1.21 bits per heavy atom. The lowest BCUT2D eigenvalue weighted by Crippen LogP contribution is -2.32. The van der Waals surface area contributed by atoms with Crippen LogP contribution >= 0.6 is 0 Å². The SMILES string of the molecule is CCCN(CCC)C(=O)c1ccnc(Nc2cccc(C#N)c2)c1. The van der Waals surface area contributed by atoms with Crippen molar-refractivity contribution in [2.24, 2.45) is 0 Å². The average molecular weight is 322 g/mol. The molecule has 2 rings (SSSR count). The smallest absolute Gasteiger partial charge is 0.254 e. The molecule has 0 unspecified atom stereocenters. The predicted octanol–water partition coefficient (Wildman–Crippen LogP) is 3.96. The van der Waals surface area contributed by atoms with Gasteiger partial charge in [-0.1, -0.05) is 19.9 Å². The van der Waals surface area contributed by atoms with Crippen LogP contribution in [0.4, 0.5) is 11.5 Å². The average Bonchev–Trinajstić information content (AvgIpc) is 2.61. The summed E-state index contributed by atoms with van der Waals surface area (Å²) in [7, 11) is 0. The van der Waals surface area contributed by atoms with E-state index in [4.69, 9.17) is 5.26 Å². The Kier molecular flexibility index (Phi) is 6.32. The molecule has 1 aromatic heterocycles. The van der Waals surface area contributed by atoms with E-state index < -0.39 is 0 Å². The van der Waals surface area contributed by atoms with E-state index in [1.165, 1.54) is 0 Å². The second-order valence-corrected chi connectivity index (χ2v) is 5.54. The maximum absolute atomic E-state index is 12.7. The summed E-state index contributed by atoms with van der Waals surface area (Å²) in [5, 5.41) is 12.1. The summed E-state index contributed by atoms with van der Waals surface area (Å²) in [6.07, 6.45) is 3.49. The van der Waals surface area contributed by atoms with E-state index in [1.807, 2.05) is 11.0 Å². The number of anilines is 2. The standard InChI is InChI=1S/C19H22N4O/c1-3-10-23(11-4-2)19(24)16-8-9-21-18(13-16)22-17-7-5-6-15(12-17)14-20/h5-9,12-13H,3-4,10-11H2,1-2H3,(H,21,22). The summed E-state index contributed by atoms with van der Waals surface area (Å²) in [6.45, 7) is 5.64. The quantitative estimate of drug-likeness (QED) is 0.837. The van der Waals surface area contributed by atoms with Crippen molar-refractivity contribution in [3.63, 3.8) is 0 Å². The van der Waals surface area contributed by atoms with Gasteiger partial charge in [0.15, 0.2) is 0 Å². The van der Waals surface area contributed by atoms with E-state index >= 15 is 0 Å². The van der Waals surface area contributed by atoms with Gasteiger partial charge < -0.3 is 10.2 Å². The number of hydrogen-bond acceptors (Lipinski definition) is 4. The van der Waals surface area contributed by atoms with Crippen LogP contribution in [0.25, 0.3) is 0 Å². The maximum Gasteiger partial charge on any atom is 0.254 e. The molecule has 0 aliphatic heterocycles. The molecule has 0 spiro atoms. The Labute approximate surface area is 142 Å². The highest BCUT2D eigenvalue weighted by molar-refractivity contribution is 5.95. The third kappa shape index (κ3) is 4.56. The van der Waals surface area contributed by atoms with Crippen LogP contribution in [0.5, 0.6) is 0 Å². The van der Waals surface area contributed by atoms with E-state index in [-0.39, 0.29) is 5.91 Å². The number of nitrogens with one attached hydrogen (secondary N) is 1. The number of nitriles is 1. The molecule has 0 atom stereocenters. The van der Waals surface area contributed by atoms with Crippen LogP contribution in [-0.4, -0.2) is 28.9 Å². The first-order valence-electron chi connectivity index (χ1n) is 8.20. The largest absolute Gasteiger partial charge is 0.340 e. The van der Waals surface area contributed by atoms with Crippen LogP contribution in [0.2, 0.25) is 0 Å². The van der Waals surface area contributed by atoms with Crippen molar-refractivity contribution in [3.05, 3.63) is 53.7 Å². The van der Waals surface area contributed by atoms with Gasteiger partial charge in [0, 0.05) is 30.5 Å². The van der Waals surface area contributed by atoms with Crippen molar-refractivity contribution >= 4 is 17.4 Å². The van der Waals surface area contributed by atoms with Crippen molar-refractivity contribution < 1.29 is 4.79 Å². The number of amides is 1. The van der Waals surface area contributed by atoms with E-state index in [0.717, 1.165) is 31.6 Å². The van der Waals surface area contributed by atoms with Crippen LogP contribution in [0.3, 0.4) is 0 Å². The van der Waals surface area contributed by atoms with E-state index in [9.17, 15) is 4.79 Å². The van der Waals surface area contributed by atoms with Gasteiger partial charge in [-0.25, -0.2) is 4.98 Å². The molecule has 1 N–H and O–H groups in total. The predicted molar refractivity (Wildman–Crippen MR) is 95.2 cm³/mol. The molecule has 24 heavy (non-hydrogen) atoms. The molecule has 0 fully saturated rings. The number of pyridine rings is 1. The van der Waals surface area contributed by atoms with Crippen molar-refractivity contribution in [3.8, 4) is 6.07 Å². The fraction of sp³-hybridized carbons (Fsp3) is 0.316. The van der Waals surface area contributed by atoms with Gasteiger partial charge >= 0.3 is 0 Å². The monoisotopic (exact) mass is 322 g/mol. The van der Waals surface area contributed by atoms with Crippen molar-refractivity contribution in [2.45, 2.75) is 26.7 Å². The van der Waals surface area contributed by atoms with Gasteiger partial charge in [0.1, 0.15) is 5.82 Å². The van der Waals surface area contributed by atoms with Crippen molar-refractivity contribution in [1.82, 2.24) is 9.88 Å². The molecule has 1 amide bonds. The van der Waals surface area contributed by atoms with Crippen LogP contribution < -0.4 is 5.32 Å². The lowest BCUT2D eigenvalue weighted by atomic mass is 10.2. The summed E-state index contributed by atoms with van der Waals surface area (Å²) in [6, 6.07) is 12.7. The first kappa shape index (κ1) is 17.5. The highest BCUT2D eigenvalue weighted by Crippen LogP contribution is 2.17. The van der Waals surface area contributed by atoms with Crippen LogP contribution in [0.1, 0.15) is 42.6 Å². The highest BCUT2D eigenvalue weighted by Gasteiger charge is 2.14. The molecular formula is C19H22N4O. The molecule has 0 radical (unpaired) electrons. The van der Waals surface area contributed by atoms with Gasteiger partial charge in [-0.05, 0) is 43.2 Å². The Balaban J connectivity index is 2.18. The zero-order valence-electron chi connectivity index (χ0n) is 14.1. The molecule has 124 valence electrons. The van der Waals surface area contributed by atoms with Gasteiger partial charge in [-0.2, -0.15) is 5.26 Å². The molecule has 0 saturated heterocycles. The summed E-state index contributed by atoms with van der Waals surface area (Å²) in [5.41, 5.74) is 1.96. The van der Waals surface area contributed by atoms with E-state index in [0.29, 0.717) is 16.9 Å². The third-order valence-corrected chi connectivity index (χ3v) is 3.55. The number of aromatic nitrogens is 1. The number of nitrogens with zero attached hydrogens (tertiary/aromatic N) is 3. The fourth-order valence-corrected chi connectivity index (χ4v) is 2.48. The number of carbonyl (C=O) groups excluding carboxylic acids is 1. The summed E-state index contributed by atoms with van der Waals surface area (Å²) in [5.74, 6) is 0.610. The van der Waals surface area contributed by atoms with E-state index in [2.05, 4.69) is 30.2 Å². The lowest BCUT2D eigenvalue weighted by Gasteiger charge is -2.21. The minimum atomic E-state index is 0.0231. The number of rotatable bonds is 7. The van der Waals surface area contributed by atoms with Crippen LogP contribution in [0, 0.1) is 11.3 Å². The first-order chi connectivity index (χ1) is 11.7. The van der Waals surface area contributed by atoms with Crippen molar-refractivity contribution in [2.75, 3.05) is 18.4 Å². The van der Waals surface area contributed by atoms with Gasteiger partial charge in [-0.3, -0.25) is 4.79 Å². The Morgan fingerprint density at radius 3 is 2.62 bits per heavy atom. The third-order valence-electron chi connectivity index (χ3n) is 3.55. The Hall–Kier alpha value is -2.87. The zero-order chi connectivity index (χ0) is 17.4. The topological polar surface area (TPSA) is 69.0 Å². The number of hydrogen-bond donors (Lipinski definition) is 1. The first-order valence-corrected chi connectivity index (χ1v) is 8.20. The van der Waals surface area contributed by atoms with Gasteiger partial charge in [0.2, 0.25) is 0 Å². The maximum atomic E-state index is 12.7. The minimum Gasteiger partial charge on any atom is -0.340 e. The number of benzene rings is 1. The van der Waals surface area contributed by atoms with E-state index in [1.54, 1.807) is 36.5 Å².